The largest absolute Gasteiger partial charge is 0.452 e. The van der Waals surface area contributed by atoms with Gasteiger partial charge in [-0.15, -0.1) is 0 Å². The van der Waals surface area contributed by atoms with E-state index in [1.807, 2.05) is 33.8 Å². The Kier molecular flexibility index (Phi) is 8.59. The lowest BCUT2D eigenvalue weighted by molar-refractivity contribution is -0.135. The van der Waals surface area contributed by atoms with Crippen molar-refractivity contribution in [2.24, 2.45) is 11.8 Å². The molecule has 0 heterocycles. The number of benzene rings is 2. The molecule has 0 saturated heterocycles. The van der Waals surface area contributed by atoms with Crippen LogP contribution in [0.3, 0.4) is 0 Å². The smallest absolute Gasteiger partial charge is 0.340 e. The van der Waals surface area contributed by atoms with Gasteiger partial charge in [0.2, 0.25) is 0 Å². The Morgan fingerprint density at radius 2 is 1.43 bits per heavy atom. The van der Waals surface area contributed by atoms with Crippen LogP contribution in [0.1, 0.15) is 48.4 Å². The third-order valence-electron chi connectivity index (χ3n) is 4.28. The predicted octanol–water partition coefficient (Wildman–Crippen LogP) is 4.24. The van der Waals surface area contributed by atoms with Crippen LogP contribution in [0.15, 0.2) is 54.6 Å². The number of carbonyl (C=O) groups excluding carboxylic acids is 3. The van der Waals surface area contributed by atoms with Crippen molar-refractivity contribution in [1.82, 2.24) is 4.90 Å². The molecule has 2 rings (SSSR count). The standard InChI is InChI=1S/C24H30N2O4/c1-17(2)14-26(15-18(3)4)22(27)16-30-24(29)20-12-8-9-13-21(20)25-23(28)19-10-6-5-7-11-19/h5-13,17-18H,14-16H2,1-4H3,(H,25,28). The van der Waals surface area contributed by atoms with Gasteiger partial charge in [-0.2, -0.15) is 0 Å². The second kappa shape index (κ2) is 11.1. The van der Waals surface area contributed by atoms with Crippen LogP contribution in [-0.4, -0.2) is 42.4 Å². The normalized spacial score (nSPS) is 10.7. The van der Waals surface area contributed by atoms with Gasteiger partial charge in [0.05, 0.1) is 11.3 Å². The van der Waals surface area contributed by atoms with Crippen molar-refractivity contribution in [2.45, 2.75) is 27.7 Å². The number of amides is 2. The molecule has 0 atom stereocenters. The van der Waals surface area contributed by atoms with Crippen molar-refractivity contribution in [3.05, 3.63) is 65.7 Å². The minimum absolute atomic E-state index is 0.203. The zero-order chi connectivity index (χ0) is 22.1. The highest BCUT2D eigenvalue weighted by Gasteiger charge is 2.20. The first-order valence-electron chi connectivity index (χ1n) is 10.2. The Hall–Kier alpha value is -3.15. The van der Waals surface area contributed by atoms with Gasteiger partial charge in [-0.25, -0.2) is 4.79 Å². The zero-order valence-electron chi connectivity index (χ0n) is 18.1. The molecule has 0 fully saturated rings. The third kappa shape index (κ3) is 7.03. The van der Waals surface area contributed by atoms with Gasteiger partial charge in [-0.3, -0.25) is 9.59 Å². The molecular formula is C24H30N2O4. The number of hydrogen-bond donors (Lipinski definition) is 1. The predicted molar refractivity (Wildman–Crippen MR) is 117 cm³/mol. The molecule has 2 aromatic rings. The summed E-state index contributed by atoms with van der Waals surface area (Å²) in [6, 6.07) is 15.3. The molecule has 2 amide bonds. The van der Waals surface area contributed by atoms with Crippen molar-refractivity contribution in [3.8, 4) is 0 Å². The molecule has 0 radical (unpaired) electrons. The molecule has 0 aliphatic carbocycles. The van der Waals surface area contributed by atoms with Gasteiger partial charge in [0.1, 0.15) is 0 Å². The van der Waals surface area contributed by atoms with Gasteiger partial charge in [-0.1, -0.05) is 58.0 Å². The minimum Gasteiger partial charge on any atom is -0.452 e. The summed E-state index contributed by atoms with van der Waals surface area (Å²) in [6.45, 7) is 9.04. The summed E-state index contributed by atoms with van der Waals surface area (Å²) in [5.74, 6) is -0.570. The summed E-state index contributed by atoms with van der Waals surface area (Å²) in [6.07, 6.45) is 0. The first-order valence-corrected chi connectivity index (χ1v) is 10.2. The van der Waals surface area contributed by atoms with E-state index in [2.05, 4.69) is 5.32 Å². The van der Waals surface area contributed by atoms with E-state index in [4.69, 9.17) is 4.74 Å². The Morgan fingerprint density at radius 1 is 0.867 bits per heavy atom. The van der Waals surface area contributed by atoms with E-state index in [-0.39, 0.29) is 24.0 Å². The molecular weight excluding hydrogens is 380 g/mol. The monoisotopic (exact) mass is 410 g/mol. The number of carbonyl (C=O) groups is 3. The lowest BCUT2D eigenvalue weighted by atomic mass is 10.1. The van der Waals surface area contributed by atoms with Gasteiger partial charge in [0.25, 0.3) is 11.8 Å². The Morgan fingerprint density at radius 3 is 2.03 bits per heavy atom. The lowest BCUT2D eigenvalue weighted by Crippen LogP contribution is -2.39. The highest BCUT2D eigenvalue weighted by molar-refractivity contribution is 6.08. The number of nitrogens with one attached hydrogen (secondary N) is 1. The number of anilines is 1. The number of ether oxygens (including phenoxy) is 1. The van der Waals surface area contributed by atoms with Gasteiger partial charge >= 0.3 is 5.97 Å². The zero-order valence-corrected chi connectivity index (χ0v) is 18.1. The summed E-state index contributed by atoms with van der Waals surface area (Å²) >= 11 is 0. The topological polar surface area (TPSA) is 75.7 Å². The molecule has 0 aliphatic rings. The van der Waals surface area contributed by atoms with Gasteiger partial charge < -0.3 is 15.0 Å². The van der Waals surface area contributed by atoms with Crippen molar-refractivity contribution >= 4 is 23.5 Å². The molecule has 0 aromatic heterocycles. The summed E-state index contributed by atoms with van der Waals surface area (Å²) in [4.78, 5) is 39.3. The van der Waals surface area contributed by atoms with Crippen LogP contribution in [0.2, 0.25) is 0 Å². The molecule has 0 saturated carbocycles. The van der Waals surface area contributed by atoms with E-state index in [0.717, 1.165) is 0 Å². The highest BCUT2D eigenvalue weighted by atomic mass is 16.5. The third-order valence-corrected chi connectivity index (χ3v) is 4.28. The van der Waals surface area contributed by atoms with Gasteiger partial charge in [-0.05, 0) is 36.1 Å². The Labute approximate surface area is 178 Å². The average Bonchev–Trinajstić information content (AvgIpc) is 2.71. The van der Waals surface area contributed by atoms with E-state index in [0.29, 0.717) is 36.2 Å². The fourth-order valence-corrected chi connectivity index (χ4v) is 3.01. The van der Waals surface area contributed by atoms with Crippen LogP contribution >= 0.6 is 0 Å². The van der Waals surface area contributed by atoms with Gasteiger partial charge in [0.15, 0.2) is 6.61 Å². The molecule has 160 valence electrons. The fourth-order valence-electron chi connectivity index (χ4n) is 3.01. The maximum absolute atomic E-state index is 12.6. The van der Waals surface area contributed by atoms with Crippen LogP contribution in [0.5, 0.6) is 0 Å². The average molecular weight is 411 g/mol. The summed E-state index contributed by atoms with van der Waals surface area (Å²) < 4.78 is 5.28. The van der Waals surface area contributed by atoms with E-state index in [1.54, 1.807) is 53.4 Å². The molecule has 0 aliphatic heterocycles. The number of hydrogen-bond acceptors (Lipinski definition) is 4. The lowest BCUT2D eigenvalue weighted by Gasteiger charge is -2.26. The quantitative estimate of drug-likeness (QED) is 0.628. The van der Waals surface area contributed by atoms with Crippen LogP contribution in [0.4, 0.5) is 5.69 Å². The van der Waals surface area contributed by atoms with Crippen LogP contribution < -0.4 is 5.32 Å². The van der Waals surface area contributed by atoms with Crippen LogP contribution in [-0.2, 0) is 9.53 Å². The molecule has 2 aromatic carbocycles. The van der Waals surface area contributed by atoms with Crippen molar-refractivity contribution in [2.75, 3.05) is 25.0 Å². The van der Waals surface area contributed by atoms with Crippen molar-refractivity contribution in [1.29, 1.82) is 0 Å². The Balaban J connectivity index is 2.05. The maximum atomic E-state index is 12.6. The van der Waals surface area contributed by atoms with Crippen molar-refractivity contribution < 1.29 is 19.1 Å². The molecule has 0 unspecified atom stereocenters. The second-order valence-corrected chi connectivity index (χ2v) is 8.03. The minimum atomic E-state index is -0.652. The second-order valence-electron chi connectivity index (χ2n) is 8.03. The van der Waals surface area contributed by atoms with Crippen LogP contribution in [0, 0.1) is 11.8 Å². The first kappa shape index (κ1) is 23.1. The number of nitrogens with zero attached hydrogens (tertiary/aromatic N) is 1. The number of esters is 1. The van der Waals surface area contributed by atoms with Gasteiger partial charge in [0, 0.05) is 18.7 Å². The highest BCUT2D eigenvalue weighted by Crippen LogP contribution is 2.18. The molecule has 6 heteroatoms. The summed E-state index contributed by atoms with van der Waals surface area (Å²) in [7, 11) is 0. The SMILES string of the molecule is CC(C)CN(CC(C)C)C(=O)COC(=O)c1ccccc1NC(=O)c1ccccc1. The summed E-state index contributed by atoms with van der Waals surface area (Å²) in [5.41, 5.74) is 1.02. The first-order chi connectivity index (χ1) is 14.3. The van der Waals surface area contributed by atoms with E-state index >= 15 is 0 Å². The molecule has 0 bridgehead atoms. The van der Waals surface area contributed by atoms with Crippen molar-refractivity contribution in [3.63, 3.8) is 0 Å². The Bertz CT molecular complexity index is 853. The van der Waals surface area contributed by atoms with E-state index in [9.17, 15) is 14.4 Å². The molecule has 0 spiro atoms. The van der Waals surface area contributed by atoms with Crippen LogP contribution in [0.25, 0.3) is 0 Å². The van der Waals surface area contributed by atoms with E-state index in [1.165, 1.54) is 0 Å². The molecule has 6 nitrogen and oxygen atoms in total. The van der Waals surface area contributed by atoms with E-state index < -0.39 is 5.97 Å². The summed E-state index contributed by atoms with van der Waals surface area (Å²) in [5, 5.41) is 2.74. The maximum Gasteiger partial charge on any atom is 0.340 e. The number of rotatable bonds is 9. The fraction of sp³-hybridized carbons (Fsp3) is 0.375. The number of para-hydroxylation sites is 1. The molecule has 1 N–H and O–H groups in total. The molecule has 30 heavy (non-hydrogen) atoms.